The molecule has 0 spiro atoms. The molecule has 2 aromatic carbocycles. The number of methoxy groups -OCH3 is 1. The third-order valence-corrected chi connectivity index (χ3v) is 3.76. The van der Waals surface area contributed by atoms with E-state index in [1.165, 1.54) is 6.07 Å². The molecule has 0 saturated heterocycles. The number of halogens is 2. The first-order valence-corrected chi connectivity index (χ1v) is 7.71. The van der Waals surface area contributed by atoms with Crippen LogP contribution in [0.4, 0.5) is 19.3 Å². The molecule has 5 nitrogen and oxygen atoms in total. The number of ether oxygens (including phenoxy) is 1. The highest BCUT2D eigenvalue weighted by molar-refractivity contribution is 5.89. The lowest BCUT2D eigenvalue weighted by Crippen LogP contribution is -2.37. The zero-order valence-electron chi connectivity index (χ0n) is 14.3. The van der Waals surface area contributed by atoms with Gasteiger partial charge in [-0.2, -0.15) is 0 Å². The van der Waals surface area contributed by atoms with Gasteiger partial charge in [0.05, 0.1) is 18.8 Å². The Morgan fingerprint density at radius 1 is 1.20 bits per heavy atom. The summed E-state index contributed by atoms with van der Waals surface area (Å²) in [5, 5.41) is 5.07. The second-order valence-electron chi connectivity index (χ2n) is 5.68. The Labute approximate surface area is 145 Å². The Bertz CT molecular complexity index is 738. The van der Waals surface area contributed by atoms with Gasteiger partial charge in [0.25, 0.3) is 0 Å². The Kier molecular flexibility index (Phi) is 6.30. The minimum atomic E-state index is -0.830. The summed E-state index contributed by atoms with van der Waals surface area (Å²) in [7, 11) is 5.36. The fraction of sp³-hybridized carbons (Fsp3) is 0.278. The average Bonchev–Trinajstić information content (AvgIpc) is 2.57. The van der Waals surface area contributed by atoms with Crippen molar-refractivity contribution in [3.63, 3.8) is 0 Å². The summed E-state index contributed by atoms with van der Waals surface area (Å²) in [6.07, 6.45) is 0. The van der Waals surface area contributed by atoms with E-state index in [1.807, 2.05) is 43.3 Å². The molecule has 2 amide bonds. The van der Waals surface area contributed by atoms with Crippen LogP contribution in [0.5, 0.6) is 5.75 Å². The maximum Gasteiger partial charge on any atom is 0.319 e. The summed E-state index contributed by atoms with van der Waals surface area (Å²) in [6, 6.07) is 9.78. The van der Waals surface area contributed by atoms with Crippen LogP contribution >= 0.6 is 0 Å². The summed E-state index contributed by atoms with van der Waals surface area (Å²) >= 11 is 0. The van der Waals surface area contributed by atoms with E-state index in [1.54, 1.807) is 7.11 Å². The van der Waals surface area contributed by atoms with Crippen LogP contribution in [0.3, 0.4) is 0 Å². The van der Waals surface area contributed by atoms with E-state index in [2.05, 4.69) is 10.6 Å². The summed E-state index contributed by atoms with van der Waals surface area (Å²) in [4.78, 5) is 14.0. The first-order chi connectivity index (χ1) is 11.9. The number of carbonyl (C=O) groups is 1. The van der Waals surface area contributed by atoms with Crippen LogP contribution in [-0.2, 0) is 0 Å². The SMILES string of the molecule is COc1ccccc1C(CNC(=O)Nc1ccc(F)cc1F)N(C)C. The number of anilines is 1. The van der Waals surface area contributed by atoms with Crippen LogP contribution in [0.2, 0.25) is 0 Å². The highest BCUT2D eigenvalue weighted by atomic mass is 19.1. The highest BCUT2D eigenvalue weighted by Gasteiger charge is 2.19. The number of likely N-dealkylation sites (N-methyl/N-ethyl adjacent to an activating group) is 1. The molecule has 134 valence electrons. The Hall–Kier alpha value is -2.67. The van der Waals surface area contributed by atoms with Gasteiger partial charge in [0.2, 0.25) is 0 Å². The first-order valence-electron chi connectivity index (χ1n) is 7.71. The second kappa shape index (κ2) is 8.43. The van der Waals surface area contributed by atoms with Crippen molar-refractivity contribution in [2.75, 3.05) is 33.1 Å². The van der Waals surface area contributed by atoms with Crippen LogP contribution in [0.1, 0.15) is 11.6 Å². The second-order valence-corrected chi connectivity index (χ2v) is 5.68. The van der Waals surface area contributed by atoms with E-state index >= 15 is 0 Å². The first kappa shape index (κ1) is 18.7. The molecule has 0 aromatic heterocycles. The van der Waals surface area contributed by atoms with E-state index < -0.39 is 17.7 Å². The van der Waals surface area contributed by atoms with Crippen LogP contribution in [0.15, 0.2) is 42.5 Å². The molecule has 0 aliphatic rings. The molecule has 0 radical (unpaired) electrons. The number of carbonyl (C=O) groups excluding carboxylic acids is 1. The van der Waals surface area contributed by atoms with Crippen molar-refractivity contribution in [3.05, 3.63) is 59.7 Å². The normalized spacial score (nSPS) is 11.9. The lowest BCUT2D eigenvalue weighted by molar-refractivity contribution is 0.242. The molecule has 25 heavy (non-hydrogen) atoms. The minimum Gasteiger partial charge on any atom is -0.496 e. The number of rotatable bonds is 6. The van der Waals surface area contributed by atoms with Gasteiger partial charge in [0.15, 0.2) is 0 Å². The lowest BCUT2D eigenvalue weighted by Gasteiger charge is -2.26. The number of para-hydroxylation sites is 1. The molecular weight excluding hydrogens is 328 g/mol. The number of hydrogen-bond donors (Lipinski definition) is 2. The van der Waals surface area contributed by atoms with Crippen molar-refractivity contribution in [2.45, 2.75) is 6.04 Å². The van der Waals surface area contributed by atoms with Gasteiger partial charge in [0.1, 0.15) is 17.4 Å². The summed E-state index contributed by atoms with van der Waals surface area (Å²) < 4.78 is 31.9. The molecular formula is C18H21F2N3O2. The van der Waals surface area contributed by atoms with Crippen LogP contribution in [0.25, 0.3) is 0 Å². The van der Waals surface area contributed by atoms with Gasteiger partial charge in [-0.3, -0.25) is 0 Å². The molecule has 0 saturated carbocycles. The number of urea groups is 1. The number of benzene rings is 2. The molecule has 7 heteroatoms. The van der Waals surface area contributed by atoms with Crippen LogP contribution in [-0.4, -0.2) is 38.7 Å². The third kappa shape index (κ3) is 4.90. The molecule has 2 N–H and O–H groups in total. The molecule has 0 aliphatic heterocycles. The maximum atomic E-state index is 13.6. The number of amides is 2. The smallest absolute Gasteiger partial charge is 0.319 e. The monoisotopic (exact) mass is 349 g/mol. The molecule has 0 heterocycles. The standard InChI is InChI=1S/C18H21F2N3O2/c1-23(2)16(13-6-4-5-7-17(13)25-3)11-21-18(24)22-15-9-8-12(19)10-14(15)20/h4-10,16H,11H2,1-3H3,(H2,21,22,24). The topological polar surface area (TPSA) is 53.6 Å². The van der Waals surface area contributed by atoms with E-state index in [0.29, 0.717) is 11.8 Å². The van der Waals surface area contributed by atoms with Crippen LogP contribution in [0, 0.1) is 11.6 Å². The van der Waals surface area contributed by atoms with Gasteiger partial charge < -0.3 is 20.3 Å². The van der Waals surface area contributed by atoms with Gasteiger partial charge in [-0.25, -0.2) is 13.6 Å². The minimum absolute atomic E-state index is 0.0856. The van der Waals surface area contributed by atoms with Crippen molar-refractivity contribution in [1.82, 2.24) is 10.2 Å². The van der Waals surface area contributed by atoms with Gasteiger partial charge in [0, 0.05) is 18.2 Å². The number of nitrogens with one attached hydrogen (secondary N) is 2. The van der Waals surface area contributed by atoms with Crippen molar-refractivity contribution in [1.29, 1.82) is 0 Å². The van der Waals surface area contributed by atoms with Crippen molar-refractivity contribution < 1.29 is 18.3 Å². The zero-order valence-corrected chi connectivity index (χ0v) is 14.3. The molecule has 0 fully saturated rings. The quantitative estimate of drug-likeness (QED) is 0.840. The molecule has 1 unspecified atom stereocenters. The summed E-state index contributed by atoms with van der Waals surface area (Å²) in [6.45, 7) is 0.280. The lowest BCUT2D eigenvalue weighted by atomic mass is 10.0. The van der Waals surface area contributed by atoms with E-state index in [0.717, 1.165) is 11.6 Å². The van der Waals surface area contributed by atoms with Gasteiger partial charge >= 0.3 is 6.03 Å². The van der Waals surface area contributed by atoms with Gasteiger partial charge in [-0.05, 0) is 32.3 Å². The van der Waals surface area contributed by atoms with Crippen molar-refractivity contribution >= 4 is 11.7 Å². The zero-order chi connectivity index (χ0) is 18.4. The number of nitrogens with zero attached hydrogens (tertiary/aromatic N) is 1. The van der Waals surface area contributed by atoms with Crippen molar-refractivity contribution in [3.8, 4) is 5.75 Å². The molecule has 0 bridgehead atoms. The average molecular weight is 349 g/mol. The van der Waals surface area contributed by atoms with E-state index in [-0.39, 0.29) is 18.3 Å². The third-order valence-electron chi connectivity index (χ3n) is 3.76. The maximum absolute atomic E-state index is 13.6. The van der Waals surface area contributed by atoms with Crippen molar-refractivity contribution in [2.24, 2.45) is 0 Å². The Balaban J connectivity index is 2.04. The molecule has 2 aromatic rings. The highest BCUT2D eigenvalue weighted by Crippen LogP contribution is 2.27. The fourth-order valence-corrected chi connectivity index (χ4v) is 2.46. The predicted octanol–water partition coefficient (Wildman–Crippen LogP) is 3.40. The Morgan fingerprint density at radius 3 is 2.56 bits per heavy atom. The van der Waals surface area contributed by atoms with Gasteiger partial charge in [-0.15, -0.1) is 0 Å². The number of hydrogen-bond acceptors (Lipinski definition) is 3. The van der Waals surface area contributed by atoms with E-state index in [9.17, 15) is 13.6 Å². The van der Waals surface area contributed by atoms with Gasteiger partial charge in [-0.1, -0.05) is 18.2 Å². The van der Waals surface area contributed by atoms with E-state index in [4.69, 9.17) is 4.74 Å². The largest absolute Gasteiger partial charge is 0.496 e. The summed E-state index contributed by atoms with van der Waals surface area (Å²) in [5.41, 5.74) is 0.834. The Morgan fingerprint density at radius 2 is 1.92 bits per heavy atom. The van der Waals surface area contributed by atoms with Crippen LogP contribution < -0.4 is 15.4 Å². The predicted molar refractivity (Wildman–Crippen MR) is 92.8 cm³/mol. The summed E-state index contributed by atoms with van der Waals surface area (Å²) in [5.74, 6) is -0.815. The molecule has 1 atom stereocenters. The fourth-order valence-electron chi connectivity index (χ4n) is 2.46. The molecule has 2 rings (SSSR count). The molecule has 0 aliphatic carbocycles.